The lowest BCUT2D eigenvalue weighted by atomic mass is 10.2. The third kappa shape index (κ3) is 2.88. The second-order valence-corrected chi connectivity index (χ2v) is 4.77. The van der Waals surface area contributed by atoms with Crippen LogP contribution in [0.1, 0.15) is 20.8 Å². The van der Waals surface area contributed by atoms with Crippen LogP contribution in [0.4, 0.5) is 0 Å². The Kier molecular flexibility index (Phi) is 3.96. The van der Waals surface area contributed by atoms with E-state index in [1.165, 1.54) is 11.3 Å². The monoisotopic (exact) mass is 262 g/mol. The summed E-state index contributed by atoms with van der Waals surface area (Å²) in [6.07, 6.45) is 0. The lowest BCUT2D eigenvalue weighted by Crippen LogP contribution is -2.30. The van der Waals surface area contributed by atoms with Crippen molar-refractivity contribution in [3.63, 3.8) is 0 Å². The Hall–Kier alpha value is -1.85. The molecule has 0 fully saturated rings. The standard InChI is InChI=1S/C13H14N2O2S/c1-9-3-2-4-11(7-9)17-8-10-5-6-18-12(10)13(16)15-14/h2-7H,8,14H2,1H3,(H,15,16). The summed E-state index contributed by atoms with van der Waals surface area (Å²) in [5.74, 6) is 5.63. The molecule has 1 amide bonds. The maximum Gasteiger partial charge on any atom is 0.275 e. The van der Waals surface area contributed by atoms with E-state index in [0.29, 0.717) is 11.5 Å². The zero-order valence-electron chi connectivity index (χ0n) is 9.97. The zero-order chi connectivity index (χ0) is 13.0. The van der Waals surface area contributed by atoms with Gasteiger partial charge in [-0.3, -0.25) is 10.2 Å². The summed E-state index contributed by atoms with van der Waals surface area (Å²) in [7, 11) is 0. The SMILES string of the molecule is Cc1cccc(OCc2ccsc2C(=O)NN)c1. The lowest BCUT2D eigenvalue weighted by Gasteiger charge is -2.07. The molecule has 0 atom stereocenters. The van der Waals surface area contributed by atoms with Gasteiger partial charge in [-0.1, -0.05) is 12.1 Å². The van der Waals surface area contributed by atoms with E-state index in [0.717, 1.165) is 16.9 Å². The first-order chi connectivity index (χ1) is 8.70. The number of hydrogen-bond donors (Lipinski definition) is 2. The number of ether oxygens (including phenoxy) is 1. The van der Waals surface area contributed by atoms with Gasteiger partial charge in [0.15, 0.2) is 0 Å². The Balaban J connectivity index is 2.07. The molecule has 0 aliphatic carbocycles. The molecule has 1 heterocycles. The van der Waals surface area contributed by atoms with Crippen molar-refractivity contribution in [1.82, 2.24) is 5.43 Å². The third-order valence-corrected chi connectivity index (χ3v) is 3.42. The predicted octanol–water partition coefficient (Wildman–Crippen LogP) is 2.24. The van der Waals surface area contributed by atoms with Crippen molar-refractivity contribution in [2.24, 2.45) is 5.84 Å². The average Bonchev–Trinajstić information content (AvgIpc) is 2.84. The van der Waals surface area contributed by atoms with E-state index in [2.05, 4.69) is 5.43 Å². The quantitative estimate of drug-likeness (QED) is 0.504. The molecule has 0 aliphatic heterocycles. The van der Waals surface area contributed by atoms with E-state index in [1.54, 1.807) is 0 Å². The maximum absolute atomic E-state index is 11.5. The van der Waals surface area contributed by atoms with Gasteiger partial charge in [0.2, 0.25) is 0 Å². The second-order valence-electron chi connectivity index (χ2n) is 3.85. The topological polar surface area (TPSA) is 64.3 Å². The van der Waals surface area contributed by atoms with Crippen molar-refractivity contribution in [3.05, 3.63) is 51.7 Å². The van der Waals surface area contributed by atoms with Crippen molar-refractivity contribution < 1.29 is 9.53 Å². The smallest absolute Gasteiger partial charge is 0.275 e. The van der Waals surface area contributed by atoms with E-state index in [-0.39, 0.29) is 5.91 Å². The number of hydrazine groups is 1. The van der Waals surface area contributed by atoms with Crippen LogP contribution >= 0.6 is 11.3 Å². The number of carbonyl (C=O) groups is 1. The molecule has 94 valence electrons. The van der Waals surface area contributed by atoms with Gasteiger partial charge in [0.05, 0.1) is 4.88 Å². The summed E-state index contributed by atoms with van der Waals surface area (Å²) in [4.78, 5) is 12.1. The molecule has 2 rings (SSSR count). The molecule has 3 N–H and O–H groups in total. The van der Waals surface area contributed by atoms with Crippen molar-refractivity contribution in [1.29, 1.82) is 0 Å². The van der Waals surface area contributed by atoms with Gasteiger partial charge in [0, 0.05) is 5.56 Å². The summed E-state index contributed by atoms with van der Waals surface area (Å²) in [6.45, 7) is 2.36. The van der Waals surface area contributed by atoms with Crippen molar-refractivity contribution in [3.8, 4) is 5.75 Å². The van der Waals surface area contributed by atoms with E-state index < -0.39 is 0 Å². The molecule has 0 bridgehead atoms. The number of amides is 1. The van der Waals surface area contributed by atoms with E-state index in [9.17, 15) is 4.79 Å². The van der Waals surface area contributed by atoms with Crippen LogP contribution in [-0.2, 0) is 6.61 Å². The summed E-state index contributed by atoms with van der Waals surface area (Å²) < 4.78 is 5.65. The molecule has 18 heavy (non-hydrogen) atoms. The van der Waals surface area contributed by atoms with Crippen molar-refractivity contribution in [2.75, 3.05) is 0 Å². The van der Waals surface area contributed by atoms with Crippen molar-refractivity contribution >= 4 is 17.2 Å². The molecule has 0 saturated heterocycles. The van der Waals surface area contributed by atoms with Gasteiger partial charge in [0.1, 0.15) is 12.4 Å². The van der Waals surface area contributed by atoms with Crippen LogP contribution in [0.5, 0.6) is 5.75 Å². The summed E-state index contributed by atoms with van der Waals surface area (Å²) in [5.41, 5.74) is 4.11. The predicted molar refractivity (Wildman–Crippen MR) is 71.5 cm³/mol. The number of nitrogens with two attached hydrogens (primary N) is 1. The van der Waals surface area contributed by atoms with Crippen LogP contribution in [0.2, 0.25) is 0 Å². The van der Waals surface area contributed by atoms with Gasteiger partial charge < -0.3 is 4.74 Å². The second kappa shape index (κ2) is 5.66. The molecular formula is C13H14N2O2S. The van der Waals surface area contributed by atoms with E-state index >= 15 is 0 Å². The summed E-state index contributed by atoms with van der Waals surface area (Å²) in [5, 5.41) is 1.85. The average molecular weight is 262 g/mol. The highest BCUT2D eigenvalue weighted by Gasteiger charge is 2.12. The van der Waals surface area contributed by atoms with Gasteiger partial charge in [0.25, 0.3) is 5.91 Å². The van der Waals surface area contributed by atoms with Crippen LogP contribution in [0, 0.1) is 6.92 Å². The highest BCUT2D eigenvalue weighted by Crippen LogP contribution is 2.20. The number of rotatable bonds is 4. The molecular weight excluding hydrogens is 248 g/mol. The van der Waals surface area contributed by atoms with Gasteiger partial charge in [-0.05, 0) is 36.1 Å². The molecule has 0 unspecified atom stereocenters. The first kappa shape index (κ1) is 12.6. The lowest BCUT2D eigenvalue weighted by molar-refractivity contribution is 0.0955. The Morgan fingerprint density at radius 2 is 2.28 bits per heavy atom. The van der Waals surface area contributed by atoms with Crippen LogP contribution in [0.15, 0.2) is 35.7 Å². The fourth-order valence-corrected chi connectivity index (χ4v) is 2.39. The number of hydrogen-bond acceptors (Lipinski definition) is 4. The minimum absolute atomic E-state index is 0.284. The molecule has 2 aromatic rings. The number of nitrogen functional groups attached to an aromatic ring is 1. The highest BCUT2D eigenvalue weighted by molar-refractivity contribution is 7.12. The van der Waals surface area contributed by atoms with Crippen LogP contribution < -0.4 is 16.0 Å². The fourth-order valence-electron chi connectivity index (χ4n) is 1.58. The normalized spacial score (nSPS) is 10.1. The molecule has 5 heteroatoms. The zero-order valence-corrected chi connectivity index (χ0v) is 10.8. The largest absolute Gasteiger partial charge is 0.489 e. The number of nitrogens with one attached hydrogen (secondary N) is 1. The Labute approximate surface area is 109 Å². The van der Waals surface area contributed by atoms with E-state index in [1.807, 2.05) is 42.6 Å². The highest BCUT2D eigenvalue weighted by atomic mass is 32.1. The minimum atomic E-state index is -0.284. The number of benzene rings is 1. The summed E-state index contributed by atoms with van der Waals surface area (Å²) in [6, 6.07) is 9.65. The molecule has 1 aromatic carbocycles. The maximum atomic E-state index is 11.5. The first-order valence-corrected chi connectivity index (χ1v) is 6.35. The fraction of sp³-hybridized carbons (Fsp3) is 0.154. The Bertz CT molecular complexity index is 551. The van der Waals surface area contributed by atoms with Gasteiger partial charge >= 0.3 is 0 Å². The van der Waals surface area contributed by atoms with E-state index in [4.69, 9.17) is 10.6 Å². The number of carbonyl (C=O) groups excluding carboxylic acids is 1. The van der Waals surface area contributed by atoms with Crippen molar-refractivity contribution in [2.45, 2.75) is 13.5 Å². The van der Waals surface area contributed by atoms with Gasteiger partial charge in [-0.2, -0.15) is 0 Å². The molecule has 1 aromatic heterocycles. The molecule has 0 spiro atoms. The number of thiophene rings is 1. The molecule has 0 aliphatic rings. The minimum Gasteiger partial charge on any atom is -0.489 e. The van der Waals surface area contributed by atoms with Crippen LogP contribution in [0.3, 0.4) is 0 Å². The molecule has 0 saturated carbocycles. The Morgan fingerprint density at radius 3 is 3.00 bits per heavy atom. The molecule has 4 nitrogen and oxygen atoms in total. The number of aryl methyl sites for hydroxylation is 1. The summed E-state index contributed by atoms with van der Waals surface area (Å²) >= 11 is 1.35. The Morgan fingerprint density at radius 1 is 1.44 bits per heavy atom. The van der Waals surface area contributed by atoms with Crippen LogP contribution in [0.25, 0.3) is 0 Å². The van der Waals surface area contributed by atoms with Gasteiger partial charge in [-0.25, -0.2) is 5.84 Å². The molecule has 0 radical (unpaired) electrons. The first-order valence-electron chi connectivity index (χ1n) is 5.47. The van der Waals surface area contributed by atoms with Crippen LogP contribution in [-0.4, -0.2) is 5.91 Å². The van der Waals surface area contributed by atoms with Gasteiger partial charge in [-0.15, -0.1) is 11.3 Å². The third-order valence-electron chi connectivity index (χ3n) is 2.47.